The SMILES string of the molecule is CC(=O)O[C@H]1CC[C@@]2(C)[C@@H](CC[C@H]3[C@H]2CC[C@]2(C)[C@@H]3CC[C@H]2C2(C)OCCO2)C1. The summed E-state index contributed by atoms with van der Waals surface area (Å²) in [5, 5.41) is 0. The first-order chi connectivity index (χ1) is 13.8. The van der Waals surface area contributed by atoms with Crippen molar-refractivity contribution in [1.82, 2.24) is 0 Å². The molecule has 5 fully saturated rings. The van der Waals surface area contributed by atoms with E-state index in [1.165, 1.54) is 44.9 Å². The van der Waals surface area contributed by atoms with Crippen LogP contribution in [0.5, 0.6) is 0 Å². The van der Waals surface area contributed by atoms with Crippen molar-refractivity contribution in [2.75, 3.05) is 13.2 Å². The van der Waals surface area contributed by atoms with E-state index in [4.69, 9.17) is 14.2 Å². The van der Waals surface area contributed by atoms with E-state index < -0.39 is 0 Å². The highest BCUT2D eigenvalue weighted by atomic mass is 16.7. The summed E-state index contributed by atoms with van der Waals surface area (Å²) in [5.74, 6) is 3.31. The first-order valence-electron chi connectivity index (χ1n) is 12.2. The third-order valence-electron chi connectivity index (χ3n) is 10.4. The average molecular weight is 405 g/mol. The van der Waals surface area contributed by atoms with Gasteiger partial charge in [0.05, 0.1) is 13.2 Å². The summed E-state index contributed by atoms with van der Waals surface area (Å²) >= 11 is 0. The Kier molecular flexibility index (Phi) is 4.87. The van der Waals surface area contributed by atoms with Crippen LogP contribution in [0.3, 0.4) is 0 Å². The molecule has 4 nitrogen and oxygen atoms in total. The highest BCUT2D eigenvalue weighted by Crippen LogP contribution is 2.69. The van der Waals surface area contributed by atoms with Crippen molar-refractivity contribution in [3.63, 3.8) is 0 Å². The lowest BCUT2D eigenvalue weighted by atomic mass is 9.44. The molecule has 0 radical (unpaired) electrons. The molecule has 5 rings (SSSR count). The minimum atomic E-state index is -0.362. The van der Waals surface area contributed by atoms with Crippen LogP contribution in [-0.2, 0) is 19.0 Å². The lowest BCUT2D eigenvalue weighted by Crippen LogP contribution is -2.55. The van der Waals surface area contributed by atoms with Gasteiger partial charge < -0.3 is 14.2 Å². The van der Waals surface area contributed by atoms with Crippen molar-refractivity contribution in [2.24, 2.45) is 40.4 Å². The van der Waals surface area contributed by atoms with Gasteiger partial charge in [-0.3, -0.25) is 4.79 Å². The van der Waals surface area contributed by atoms with Crippen LogP contribution >= 0.6 is 0 Å². The molecule has 29 heavy (non-hydrogen) atoms. The third kappa shape index (κ3) is 3.03. The van der Waals surface area contributed by atoms with Crippen LogP contribution in [-0.4, -0.2) is 31.1 Å². The van der Waals surface area contributed by atoms with Crippen molar-refractivity contribution in [3.05, 3.63) is 0 Å². The first-order valence-corrected chi connectivity index (χ1v) is 12.2. The van der Waals surface area contributed by atoms with E-state index in [9.17, 15) is 4.79 Å². The summed E-state index contributed by atoms with van der Waals surface area (Å²) in [6.07, 6.45) is 11.5. The number of carbonyl (C=O) groups is 1. The number of fused-ring (bicyclic) bond motifs is 5. The molecule has 8 atom stereocenters. The van der Waals surface area contributed by atoms with E-state index in [0.29, 0.717) is 16.7 Å². The van der Waals surface area contributed by atoms with E-state index in [1.54, 1.807) is 6.92 Å². The molecule has 164 valence electrons. The number of ether oxygens (including phenoxy) is 3. The van der Waals surface area contributed by atoms with Crippen molar-refractivity contribution < 1.29 is 19.0 Å². The Morgan fingerprint density at radius 1 is 0.862 bits per heavy atom. The second-order valence-electron chi connectivity index (χ2n) is 11.6. The Morgan fingerprint density at radius 3 is 2.28 bits per heavy atom. The average Bonchev–Trinajstić information content (AvgIpc) is 3.25. The standard InChI is InChI=1S/C25H40O4/c1-16(26)29-18-9-11-23(2)17(15-18)5-6-19-20-7-8-22(25(4)27-13-14-28-25)24(20,3)12-10-21(19)23/h17-22H,5-15H2,1-4H3/t17-,18-,19+,20+,21+,22+,23-,24+/m0/s1. The Morgan fingerprint density at radius 2 is 1.55 bits per heavy atom. The molecule has 0 N–H and O–H groups in total. The molecule has 0 aromatic rings. The largest absolute Gasteiger partial charge is 0.463 e. The van der Waals surface area contributed by atoms with Gasteiger partial charge in [-0.05, 0) is 99.2 Å². The fourth-order valence-corrected chi connectivity index (χ4v) is 9.15. The summed E-state index contributed by atoms with van der Waals surface area (Å²) in [6.45, 7) is 10.4. The van der Waals surface area contributed by atoms with Gasteiger partial charge in [0.1, 0.15) is 6.10 Å². The zero-order valence-electron chi connectivity index (χ0n) is 18.9. The number of esters is 1. The number of rotatable bonds is 2. The molecule has 0 spiro atoms. The van der Waals surface area contributed by atoms with E-state index in [0.717, 1.165) is 49.7 Å². The van der Waals surface area contributed by atoms with E-state index in [2.05, 4.69) is 20.8 Å². The fourth-order valence-electron chi connectivity index (χ4n) is 9.15. The van der Waals surface area contributed by atoms with Gasteiger partial charge in [0.25, 0.3) is 0 Å². The molecule has 0 aromatic heterocycles. The Bertz CT molecular complexity index is 655. The predicted molar refractivity (Wildman–Crippen MR) is 111 cm³/mol. The molecule has 4 aliphatic carbocycles. The molecule has 5 aliphatic rings. The van der Waals surface area contributed by atoms with E-state index in [-0.39, 0.29) is 17.9 Å². The summed E-state index contributed by atoms with van der Waals surface area (Å²) in [7, 11) is 0. The number of carbonyl (C=O) groups excluding carboxylic acids is 1. The molecule has 0 aromatic carbocycles. The second-order valence-corrected chi connectivity index (χ2v) is 11.6. The maximum atomic E-state index is 11.5. The lowest BCUT2D eigenvalue weighted by Gasteiger charge is -2.61. The molecular weight excluding hydrogens is 364 g/mol. The van der Waals surface area contributed by atoms with Crippen LogP contribution in [0.15, 0.2) is 0 Å². The van der Waals surface area contributed by atoms with Crippen LogP contribution in [0.1, 0.15) is 85.5 Å². The summed E-state index contributed by atoms with van der Waals surface area (Å²) in [5.41, 5.74) is 0.793. The molecule has 0 amide bonds. The van der Waals surface area contributed by atoms with E-state index in [1.807, 2.05) is 0 Å². The normalized spacial score (nSPS) is 51.0. The predicted octanol–water partition coefficient (Wildman–Crippen LogP) is 5.34. The lowest BCUT2D eigenvalue weighted by molar-refractivity contribution is -0.219. The van der Waals surface area contributed by atoms with Crippen molar-refractivity contribution in [1.29, 1.82) is 0 Å². The zero-order valence-corrected chi connectivity index (χ0v) is 18.9. The van der Waals surface area contributed by atoms with E-state index >= 15 is 0 Å². The van der Waals surface area contributed by atoms with Crippen LogP contribution < -0.4 is 0 Å². The third-order valence-corrected chi connectivity index (χ3v) is 10.4. The molecule has 1 saturated heterocycles. The molecule has 0 unspecified atom stereocenters. The quantitative estimate of drug-likeness (QED) is 0.583. The molecule has 0 bridgehead atoms. The highest BCUT2D eigenvalue weighted by molar-refractivity contribution is 5.66. The monoisotopic (exact) mass is 404 g/mol. The minimum Gasteiger partial charge on any atom is -0.463 e. The van der Waals surface area contributed by atoms with Gasteiger partial charge in [-0.1, -0.05) is 13.8 Å². The molecule has 4 heteroatoms. The van der Waals surface area contributed by atoms with Gasteiger partial charge in [0, 0.05) is 12.8 Å². The number of hydrogen-bond acceptors (Lipinski definition) is 4. The molecular formula is C25H40O4. The van der Waals surface area contributed by atoms with Gasteiger partial charge in [-0.15, -0.1) is 0 Å². The van der Waals surface area contributed by atoms with Crippen molar-refractivity contribution in [3.8, 4) is 0 Å². The summed E-state index contributed by atoms with van der Waals surface area (Å²) in [6, 6.07) is 0. The molecule has 1 heterocycles. The van der Waals surface area contributed by atoms with Crippen LogP contribution in [0.25, 0.3) is 0 Å². The summed E-state index contributed by atoms with van der Waals surface area (Å²) < 4.78 is 17.9. The molecule has 1 aliphatic heterocycles. The number of hydrogen-bond donors (Lipinski definition) is 0. The smallest absolute Gasteiger partial charge is 0.302 e. The van der Waals surface area contributed by atoms with Crippen LogP contribution in [0, 0.1) is 40.4 Å². The maximum Gasteiger partial charge on any atom is 0.302 e. The Labute approximate surface area is 176 Å². The maximum absolute atomic E-state index is 11.5. The first kappa shape index (κ1) is 20.3. The van der Waals surface area contributed by atoms with Gasteiger partial charge in [0.15, 0.2) is 5.79 Å². The van der Waals surface area contributed by atoms with Gasteiger partial charge in [0.2, 0.25) is 0 Å². The van der Waals surface area contributed by atoms with Gasteiger partial charge in [-0.25, -0.2) is 0 Å². The Balaban J connectivity index is 1.35. The summed E-state index contributed by atoms with van der Waals surface area (Å²) in [4.78, 5) is 11.5. The van der Waals surface area contributed by atoms with Gasteiger partial charge in [-0.2, -0.15) is 0 Å². The van der Waals surface area contributed by atoms with Crippen LogP contribution in [0.4, 0.5) is 0 Å². The molecule has 4 saturated carbocycles. The van der Waals surface area contributed by atoms with Gasteiger partial charge >= 0.3 is 5.97 Å². The Hall–Kier alpha value is -0.610. The fraction of sp³-hybridized carbons (Fsp3) is 0.960. The minimum absolute atomic E-state index is 0.109. The topological polar surface area (TPSA) is 44.8 Å². The van der Waals surface area contributed by atoms with Crippen molar-refractivity contribution in [2.45, 2.75) is 97.4 Å². The second kappa shape index (κ2) is 6.95. The highest BCUT2D eigenvalue weighted by Gasteiger charge is 2.63. The van der Waals surface area contributed by atoms with Crippen LogP contribution in [0.2, 0.25) is 0 Å². The zero-order chi connectivity index (χ0) is 20.4. The van der Waals surface area contributed by atoms with Crippen molar-refractivity contribution >= 4 is 5.97 Å².